The Hall–Kier alpha value is -1.85. The molecule has 0 N–H and O–H groups in total. The molecule has 2 aromatic rings. The van der Waals surface area contributed by atoms with Gasteiger partial charge in [0, 0.05) is 32.4 Å². The number of aryl methyl sites for hydroxylation is 2. The molecule has 0 amide bonds. The van der Waals surface area contributed by atoms with Crippen LogP contribution in [0.2, 0.25) is 0 Å². The molecule has 6 heteroatoms. The van der Waals surface area contributed by atoms with Gasteiger partial charge in [0.05, 0.1) is 6.54 Å². The first kappa shape index (κ1) is 10.3. The van der Waals surface area contributed by atoms with Crippen molar-refractivity contribution in [3.05, 3.63) is 34.5 Å². The summed E-state index contributed by atoms with van der Waals surface area (Å²) in [5.41, 5.74) is -0.0156. The van der Waals surface area contributed by atoms with Gasteiger partial charge in [0.15, 0.2) is 5.82 Å². The molecule has 3 rings (SSSR count). The highest BCUT2D eigenvalue weighted by Crippen LogP contribution is 2.14. The number of rotatable bonds is 2. The maximum atomic E-state index is 11.7. The Morgan fingerprint density at radius 1 is 1.29 bits per heavy atom. The summed E-state index contributed by atoms with van der Waals surface area (Å²) in [7, 11) is 1.75. The summed E-state index contributed by atoms with van der Waals surface area (Å²) < 4.78 is 5.36. The molecule has 0 atom stereocenters. The van der Waals surface area contributed by atoms with Gasteiger partial charge in [-0.05, 0) is 12.8 Å². The highest BCUT2D eigenvalue weighted by atomic mass is 16.1. The Bertz CT molecular complexity index is 591. The SMILES string of the molecule is Cn1ccn(Cc2nnc3n2CCCC3)c1=O. The van der Waals surface area contributed by atoms with Crippen molar-refractivity contribution in [1.29, 1.82) is 0 Å². The van der Waals surface area contributed by atoms with Crippen LogP contribution in [0.5, 0.6) is 0 Å². The van der Waals surface area contributed by atoms with Crippen molar-refractivity contribution in [2.45, 2.75) is 32.4 Å². The molecule has 0 aromatic carbocycles. The first-order valence-electron chi connectivity index (χ1n) is 5.88. The number of aromatic nitrogens is 5. The molecule has 0 saturated heterocycles. The van der Waals surface area contributed by atoms with Gasteiger partial charge < -0.3 is 9.13 Å². The Labute approximate surface area is 98.5 Å². The lowest BCUT2D eigenvalue weighted by Crippen LogP contribution is -2.24. The molecule has 1 aliphatic rings. The fraction of sp³-hybridized carbons (Fsp3) is 0.545. The van der Waals surface area contributed by atoms with Gasteiger partial charge in [-0.1, -0.05) is 0 Å². The van der Waals surface area contributed by atoms with Crippen LogP contribution in [-0.2, 0) is 26.6 Å². The molecular weight excluding hydrogens is 218 g/mol. The molecule has 1 aliphatic heterocycles. The van der Waals surface area contributed by atoms with E-state index in [2.05, 4.69) is 14.8 Å². The third kappa shape index (κ3) is 1.69. The average Bonchev–Trinajstić information content (AvgIpc) is 2.89. The smallest absolute Gasteiger partial charge is 0.313 e. The summed E-state index contributed by atoms with van der Waals surface area (Å²) in [6.45, 7) is 1.48. The second-order valence-corrected chi connectivity index (χ2v) is 4.46. The van der Waals surface area contributed by atoms with Crippen LogP contribution < -0.4 is 5.69 Å². The van der Waals surface area contributed by atoms with E-state index in [1.165, 1.54) is 12.8 Å². The fourth-order valence-corrected chi connectivity index (χ4v) is 2.27. The summed E-state index contributed by atoms with van der Waals surface area (Å²) in [4.78, 5) is 11.7. The third-order valence-electron chi connectivity index (χ3n) is 3.27. The third-order valence-corrected chi connectivity index (χ3v) is 3.27. The zero-order valence-corrected chi connectivity index (χ0v) is 9.83. The van der Waals surface area contributed by atoms with Crippen LogP contribution >= 0.6 is 0 Å². The van der Waals surface area contributed by atoms with Gasteiger partial charge in [-0.3, -0.25) is 4.57 Å². The van der Waals surface area contributed by atoms with Crippen LogP contribution in [0.25, 0.3) is 0 Å². The number of fused-ring (bicyclic) bond motifs is 1. The van der Waals surface area contributed by atoms with Gasteiger partial charge in [-0.15, -0.1) is 10.2 Å². The zero-order valence-electron chi connectivity index (χ0n) is 9.83. The van der Waals surface area contributed by atoms with Gasteiger partial charge in [0.1, 0.15) is 5.82 Å². The van der Waals surface area contributed by atoms with Gasteiger partial charge in [0.2, 0.25) is 0 Å². The number of nitrogens with zero attached hydrogens (tertiary/aromatic N) is 5. The van der Waals surface area contributed by atoms with Crippen molar-refractivity contribution in [2.24, 2.45) is 7.05 Å². The molecular formula is C11H15N5O. The lowest BCUT2D eigenvalue weighted by molar-refractivity contribution is 0.499. The average molecular weight is 233 g/mol. The molecule has 17 heavy (non-hydrogen) atoms. The predicted molar refractivity (Wildman–Crippen MR) is 61.7 cm³/mol. The normalized spacial score (nSPS) is 14.9. The minimum Gasteiger partial charge on any atom is -0.313 e. The lowest BCUT2D eigenvalue weighted by atomic mass is 10.2. The van der Waals surface area contributed by atoms with E-state index in [1.807, 2.05) is 0 Å². The largest absolute Gasteiger partial charge is 0.328 e. The van der Waals surface area contributed by atoms with Crippen LogP contribution in [0.3, 0.4) is 0 Å². The summed E-state index contributed by atoms with van der Waals surface area (Å²) in [5, 5.41) is 8.37. The van der Waals surface area contributed by atoms with E-state index in [-0.39, 0.29) is 5.69 Å². The Morgan fingerprint density at radius 2 is 2.18 bits per heavy atom. The molecule has 6 nitrogen and oxygen atoms in total. The molecule has 0 bridgehead atoms. The van der Waals surface area contributed by atoms with Gasteiger partial charge in [-0.25, -0.2) is 4.79 Å². The molecule has 0 fully saturated rings. The molecule has 90 valence electrons. The minimum atomic E-state index is -0.0156. The first-order valence-corrected chi connectivity index (χ1v) is 5.88. The van der Waals surface area contributed by atoms with E-state index in [4.69, 9.17) is 0 Å². The highest BCUT2D eigenvalue weighted by Gasteiger charge is 2.16. The maximum Gasteiger partial charge on any atom is 0.328 e. The monoisotopic (exact) mass is 233 g/mol. The predicted octanol–water partition coefficient (Wildman–Crippen LogP) is 0.163. The molecule has 0 unspecified atom stereocenters. The molecule has 0 radical (unpaired) electrons. The molecule has 0 aliphatic carbocycles. The van der Waals surface area contributed by atoms with Gasteiger partial charge in [0.25, 0.3) is 0 Å². The standard InChI is InChI=1S/C11H15N5O/c1-14-6-7-15(11(14)17)8-10-13-12-9-4-2-3-5-16(9)10/h6-7H,2-5,8H2,1H3. The van der Waals surface area contributed by atoms with Crippen LogP contribution in [-0.4, -0.2) is 23.9 Å². The van der Waals surface area contributed by atoms with Crippen molar-refractivity contribution in [1.82, 2.24) is 23.9 Å². The lowest BCUT2D eigenvalue weighted by Gasteiger charge is -2.14. The Kier molecular flexibility index (Phi) is 2.35. The molecule has 3 heterocycles. The van der Waals surface area contributed by atoms with E-state index in [0.717, 1.165) is 24.6 Å². The summed E-state index contributed by atoms with van der Waals surface area (Å²) in [6.07, 6.45) is 6.89. The van der Waals surface area contributed by atoms with Crippen molar-refractivity contribution in [2.75, 3.05) is 0 Å². The Balaban J connectivity index is 1.93. The highest BCUT2D eigenvalue weighted by molar-refractivity contribution is 5.00. The van der Waals surface area contributed by atoms with E-state index in [1.54, 1.807) is 28.6 Å². The molecule has 2 aromatic heterocycles. The zero-order chi connectivity index (χ0) is 11.8. The van der Waals surface area contributed by atoms with Crippen molar-refractivity contribution in [3.63, 3.8) is 0 Å². The summed E-state index contributed by atoms with van der Waals surface area (Å²) in [6, 6.07) is 0. The fourth-order valence-electron chi connectivity index (χ4n) is 2.27. The van der Waals surface area contributed by atoms with Crippen LogP contribution in [0.4, 0.5) is 0 Å². The molecule has 0 spiro atoms. The number of hydrogen-bond donors (Lipinski definition) is 0. The van der Waals surface area contributed by atoms with Crippen LogP contribution in [0, 0.1) is 0 Å². The first-order chi connectivity index (χ1) is 8.25. The summed E-state index contributed by atoms with van der Waals surface area (Å²) >= 11 is 0. The van der Waals surface area contributed by atoms with E-state index >= 15 is 0 Å². The topological polar surface area (TPSA) is 57.6 Å². The molecule has 0 saturated carbocycles. The van der Waals surface area contributed by atoms with E-state index in [0.29, 0.717) is 6.54 Å². The maximum absolute atomic E-state index is 11.7. The Morgan fingerprint density at radius 3 is 2.94 bits per heavy atom. The van der Waals surface area contributed by atoms with E-state index in [9.17, 15) is 4.79 Å². The van der Waals surface area contributed by atoms with Gasteiger partial charge >= 0.3 is 5.69 Å². The second-order valence-electron chi connectivity index (χ2n) is 4.46. The number of hydrogen-bond acceptors (Lipinski definition) is 3. The van der Waals surface area contributed by atoms with Crippen LogP contribution in [0.15, 0.2) is 17.2 Å². The van der Waals surface area contributed by atoms with Gasteiger partial charge in [-0.2, -0.15) is 0 Å². The van der Waals surface area contributed by atoms with Crippen LogP contribution in [0.1, 0.15) is 24.5 Å². The van der Waals surface area contributed by atoms with Crippen molar-refractivity contribution >= 4 is 0 Å². The second kappa shape index (κ2) is 3.87. The van der Waals surface area contributed by atoms with Crippen molar-refractivity contribution < 1.29 is 0 Å². The van der Waals surface area contributed by atoms with E-state index < -0.39 is 0 Å². The quantitative estimate of drug-likeness (QED) is 0.742. The summed E-state index contributed by atoms with van der Waals surface area (Å²) in [5.74, 6) is 1.93. The van der Waals surface area contributed by atoms with Crippen molar-refractivity contribution in [3.8, 4) is 0 Å². The number of imidazole rings is 1. The minimum absolute atomic E-state index is 0.0156.